The van der Waals surface area contributed by atoms with E-state index in [4.69, 9.17) is 5.11 Å². The average molecular weight is 168 g/mol. The van der Waals surface area contributed by atoms with Crippen LogP contribution in [0.4, 0.5) is 0 Å². The smallest absolute Gasteiger partial charge is 0.314 e. The van der Waals surface area contributed by atoms with E-state index < -0.39 is 11.9 Å². The molecular weight excluding hydrogens is 152 g/mol. The Morgan fingerprint density at radius 1 is 1.42 bits per heavy atom. The molecule has 2 heteroatoms. The number of aliphatic carboxylic acids is 1. The van der Waals surface area contributed by atoms with Crippen molar-refractivity contribution in [3.05, 3.63) is 24.3 Å². The summed E-state index contributed by atoms with van der Waals surface area (Å²) in [4.78, 5) is 10.6. The molecule has 0 fully saturated rings. The molecule has 0 aromatic carbocycles. The van der Waals surface area contributed by atoms with Gasteiger partial charge in [0, 0.05) is 0 Å². The first-order valence-electron chi connectivity index (χ1n) is 4.01. The molecule has 68 valence electrons. The molecule has 0 aliphatic carbocycles. The maximum Gasteiger partial charge on any atom is 0.314 e. The fourth-order valence-corrected chi connectivity index (χ4v) is 0.791. The minimum absolute atomic E-state index is 0.381. The van der Waals surface area contributed by atoms with Gasteiger partial charge in [0.15, 0.2) is 0 Å². The van der Waals surface area contributed by atoms with Crippen LogP contribution in [0, 0.1) is 11.8 Å². The fourth-order valence-electron chi connectivity index (χ4n) is 0.791. The molecular formula is C10H16O2. The number of hydrogen-bond donors (Lipinski definition) is 1. The summed E-state index contributed by atoms with van der Waals surface area (Å²) in [6.07, 6.45) is 3.57. The topological polar surface area (TPSA) is 37.3 Å². The van der Waals surface area contributed by atoms with Gasteiger partial charge in [-0.25, -0.2) is 0 Å². The van der Waals surface area contributed by atoms with E-state index >= 15 is 0 Å². The third kappa shape index (κ3) is 3.96. The van der Waals surface area contributed by atoms with Crippen molar-refractivity contribution in [2.45, 2.75) is 20.8 Å². The van der Waals surface area contributed by atoms with E-state index in [1.54, 1.807) is 13.0 Å². The van der Waals surface area contributed by atoms with Crippen LogP contribution in [0.3, 0.4) is 0 Å². The predicted octanol–water partition coefficient (Wildman–Crippen LogP) is 2.48. The van der Waals surface area contributed by atoms with Crippen molar-refractivity contribution in [1.82, 2.24) is 0 Å². The Morgan fingerprint density at radius 3 is 2.17 bits per heavy atom. The molecule has 0 saturated carbocycles. The summed E-state index contributed by atoms with van der Waals surface area (Å²) < 4.78 is 0. The second kappa shape index (κ2) is 4.75. The lowest BCUT2D eigenvalue weighted by Crippen LogP contribution is -2.11. The summed E-state index contributed by atoms with van der Waals surface area (Å²) in [5.74, 6) is -0.988. The van der Waals surface area contributed by atoms with Gasteiger partial charge in [-0.3, -0.25) is 4.79 Å². The minimum Gasteiger partial charge on any atom is -0.481 e. The number of carboxylic acid groups (broad SMARTS) is 1. The van der Waals surface area contributed by atoms with Gasteiger partial charge < -0.3 is 5.11 Å². The Bertz CT molecular complexity index is 188. The summed E-state index contributed by atoms with van der Waals surface area (Å²) in [6, 6.07) is 0. The summed E-state index contributed by atoms with van der Waals surface area (Å²) in [5, 5.41) is 8.74. The Hall–Kier alpha value is -1.05. The van der Waals surface area contributed by atoms with Gasteiger partial charge in [-0.15, -0.1) is 0 Å². The van der Waals surface area contributed by atoms with Gasteiger partial charge in [-0.1, -0.05) is 38.2 Å². The van der Waals surface area contributed by atoms with Gasteiger partial charge in [0.05, 0.1) is 5.92 Å². The highest BCUT2D eigenvalue weighted by Crippen LogP contribution is 2.11. The molecule has 0 aromatic rings. The first kappa shape index (κ1) is 11.0. The van der Waals surface area contributed by atoms with Crippen molar-refractivity contribution in [3.8, 4) is 0 Å². The van der Waals surface area contributed by atoms with E-state index in [9.17, 15) is 4.79 Å². The average Bonchev–Trinajstić information content (AvgIpc) is 1.84. The molecule has 0 spiro atoms. The summed E-state index contributed by atoms with van der Waals surface area (Å²) in [5.41, 5.74) is 0.666. The normalized spacial score (nSPS) is 13.7. The molecule has 1 atom stereocenters. The number of allylic oxidation sites excluding steroid dienone is 1. The number of carbonyl (C=O) groups is 1. The van der Waals surface area contributed by atoms with Crippen LogP contribution in [0.5, 0.6) is 0 Å². The number of hydrogen-bond acceptors (Lipinski definition) is 1. The third-order valence-corrected chi connectivity index (χ3v) is 1.49. The van der Waals surface area contributed by atoms with Crippen molar-refractivity contribution < 1.29 is 9.90 Å². The first-order valence-corrected chi connectivity index (χ1v) is 4.01. The van der Waals surface area contributed by atoms with Crippen molar-refractivity contribution >= 4 is 5.97 Å². The predicted molar refractivity (Wildman–Crippen MR) is 49.9 cm³/mol. The summed E-state index contributed by atoms with van der Waals surface area (Å²) in [6.45, 7) is 9.36. The maximum atomic E-state index is 10.6. The second-order valence-corrected chi connectivity index (χ2v) is 3.29. The van der Waals surface area contributed by atoms with E-state index in [0.29, 0.717) is 11.5 Å². The summed E-state index contributed by atoms with van der Waals surface area (Å²) in [7, 11) is 0. The SMILES string of the molecule is C=C(C)C(/C=C/C(C)C)C(=O)O. The molecule has 0 aliphatic heterocycles. The molecule has 0 bridgehead atoms. The van der Waals surface area contributed by atoms with Crippen LogP contribution in [-0.4, -0.2) is 11.1 Å². The highest BCUT2D eigenvalue weighted by atomic mass is 16.4. The largest absolute Gasteiger partial charge is 0.481 e. The van der Waals surface area contributed by atoms with Crippen molar-refractivity contribution in [3.63, 3.8) is 0 Å². The van der Waals surface area contributed by atoms with Gasteiger partial charge in [-0.2, -0.15) is 0 Å². The van der Waals surface area contributed by atoms with Crippen LogP contribution < -0.4 is 0 Å². The van der Waals surface area contributed by atoms with Gasteiger partial charge in [-0.05, 0) is 12.8 Å². The molecule has 1 N–H and O–H groups in total. The van der Waals surface area contributed by atoms with E-state index in [0.717, 1.165) is 0 Å². The number of carboxylic acids is 1. The van der Waals surface area contributed by atoms with Crippen LogP contribution >= 0.6 is 0 Å². The molecule has 2 nitrogen and oxygen atoms in total. The maximum absolute atomic E-state index is 10.6. The summed E-state index contributed by atoms with van der Waals surface area (Å²) >= 11 is 0. The van der Waals surface area contributed by atoms with Gasteiger partial charge in [0.2, 0.25) is 0 Å². The van der Waals surface area contributed by atoms with Crippen LogP contribution in [0.2, 0.25) is 0 Å². The van der Waals surface area contributed by atoms with E-state index in [1.165, 1.54) is 0 Å². The van der Waals surface area contributed by atoms with Gasteiger partial charge in [0.1, 0.15) is 0 Å². The molecule has 0 saturated heterocycles. The first-order chi connectivity index (χ1) is 5.45. The Morgan fingerprint density at radius 2 is 1.92 bits per heavy atom. The lowest BCUT2D eigenvalue weighted by Gasteiger charge is -2.06. The van der Waals surface area contributed by atoms with Gasteiger partial charge >= 0.3 is 5.97 Å². The molecule has 0 amide bonds. The van der Waals surface area contributed by atoms with Gasteiger partial charge in [0.25, 0.3) is 0 Å². The van der Waals surface area contributed by atoms with E-state index in [2.05, 4.69) is 6.58 Å². The molecule has 0 aliphatic rings. The van der Waals surface area contributed by atoms with Crippen molar-refractivity contribution in [2.75, 3.05) is 0 Å². The highest BCUT2D eigenvalue weighted by Gasteiger charge is 2.13. The lowest BCUT2D eigenvalue weighted by atomic mass is 10.0. The zero-order valence-corrected chi connectivity index (χ0v) is 7.87. The van der Waals surface area contributed by atoms with Crippen LogP contribution in [0.15, 0.2) is 24.3 Å². The number of rotatable bonds is 4. The van der Waals surface area contributed by atoms with E-state index in [-0.39, 0.29) is 0 Å². The van der Waals surface area contributed by atoms with Crippen molar-refractivity contribution in [2.24, 2.45) is 11.8 Å². The lowest BCUT2D eigenvalue weighted by molar-refractivity contribution is -0.138. The van der Waals surface area contributed by atoms with E-state index in [1.807, 2.05) is 19.9 Å². The standard InChI is InChI=1S/C10H16O2/c1-7(2)5-6-9(8(3)4)10(11)12/h5-7,9H,3H2,1-2,4H3,(H,11,12)/b6-5+. The molecule has 1 unspecified atom stereocenters. The quantitative estimate of drug-likeness (QED) is 0.655. The second-order valence-electron chi connectivity index (χ2n) is 3.29. The Labute approximate surface area is 73.6 Å². The Balaban J connectivity index is 4.34. The van der Waals surface area contributed by atoms with Crippen LogP contribution in [-0.2, 0) is 4.79 Å². The molecule has 0 heterocycles. The zero-order valence-electron chi connectivity index (χ0n) is 7.87. The zero-order chi connectivity index (χ0) is 9.72. The molecule has 0 radical (unpaired) electrons. The third-order valence-electron chi connectivity index (χ3n) is 1.49. The fraction of sp³-hybridized carbons (Fsp3) is 0.500. The molecule has 0 rings (SSSR count). The van der Waals surface area contributed by atoms with Crippen LogP contribution in [0.25, 0.3) is 0 Å². The molecule has 0 aromatic heterocycles. The Kier molecular flexibility index (Phi) is 4.34. The monoisotopic (exact) mass is 168 g/mol. The van der Waals surface area contributed by atoms with Crippen molar-refractivity contribution in [1.29, 1.82) is 0 Å². The van der Waals surface area contributed by atoms with Crippen LogP contribution in [0.1, 0.15) is 20.8 Å². The molecule has 12 heavy (non-hydrogen) atoms. The minimum atomic E-state index is -0.834. The highest BCUT2D eigenvalue weighted by molar-refractivity contribution is 5.75.